The molecule has 4 heterocycles. The van der Waals surface area contributed by atoms with Crippen molar-refractivity contribution in [3.8, 4) is 0 Å². The predicted octanol–water partition coefficient (Wildman–Crippen LogP) is 5.38. The van der Waals surface area contributed by atoms with Crippen molar-refractivity contribution in [2.24, 2.45) is 11.8 Å². The van der Waals surface area contributed by atoms with Gasteiger partial charge in [-0.2, -0.15) is 23.3 Å². The lowest BCUT2D eigenvalue weighted by Gasteiger charge is -2.39. The zero-order chi connectivity index (χ0) is 24.9. The number of anilines is 2. The smallest absolute Gasteiger partial charge is 0.369 e. The molecule has 1 aliphatic carbocycles. The molecule has 2 fully saturated rings. The third kappa shape index (κ3) is 4.51. The van der Waals surface area contributed by atoms with Gasteiger partial charge in [0.15, 0.2) is 5.15 Å². The average Bonchev–Trinajstić information content (AvgIpc) is 3.25. The Labute approximate surface area is 212 Å². The fourth-order valence-electron chi connectivity index (χ4n) is 6.15. The van der Waals surface area contributed by atoms with Gasteiger partial charge in [0.2, 0.25) is 5.95 Å². The summed E-state index contributed by atoms with van der Waals surface area (Å²) in [5.74, 6) is 1.97. The summed E-state index contributed by atoms with van der Waals surface area (Å²) >= 11 is 6.05. The average molecular weight is 518 g/mol. The van der Waals surface area contributed by atoms with Gasteiger partial charge in [-0.1, -0.05) is 36.2 Å². The van der Waals surface area contributed by atoms with Crippen molar-refractivity contribution in [2.45, 2.75) is 56.8 Å². The lowest BCUT2D eigenvalue weighted by molar-refractivity contribution is -0.137. The zero-order valence-electron chi connectivity index (χ0n) is 19.6. The van der Waals surface area contributed by atoms with Crippen LogP contribution in [0.4, 0.5) is 24.8 Å². The fourth-order valence-corrected chi connectivity index (χ4v) is 6.30. The SMILES string of the molecule is FC(F)(F)c1cccc([C@H]2CCCCn3nc(N[C@H]4[C@@H]5CC[C@H]4CN(c4cnnc(Cl)c4)C5)nc32)c1. The largest absolute Gasteiger partial charge is 0.416 e. The van der Waals surface area contributed by atoms with Crippen molar-refractivity contribution in [3.05, 3.63) is 58.6 Å². The molecule has 1 aromatic carbocycles. The summed E-state index contributed by atoms with van der Waals surface area (Å²) in [4.78, 5) is 7.17. The number of hydrogen-bond donors (Lipinski definition) is 1. The van der Waals surface area contributed by atoms with Crippen molar-refractivity contribution >= 4 is 23.2 Å². The van der Waals surface area contributed by atoms with Crippen LogP contribution in [-0.4, -0.2) is 44.1 Å². The van der Waals surface area contributed by atoms with Gasteiger partial charge in [-0.25, -0.2) is 4.68 Å². The van der Waals surface area contributed by atoms with Crippen molar-refractivity contribution in [1.29, 1.82) is 0 Å². The van der Waals surface area contributed by atoms with E-state index in [9.17, 15) is 13.2 Å². The molecule has 1 N–H and O–H groups in total. The van der Waals surface area contributed by atoms with Gasteiger partial charge in [0.05, 0.1) is 17.4 Å². The predicted molar refractivity (Wildman–Crippen MR) is 130 cm³/mol. The van der Waals surface area contributed by atoms with Gasteiger partial charge in [-0.15, -0.1) is 10.2 Å². The molecule has 3 aliphatic rings. The Balaban J connectivity index is 1.22. The second-order valence-electron chi connectivity index (χ2n) is 10.1. The third-order valence-electron chi connectivity index (χ3n) is 7.85. The molecule has 1 saturated heterocycles. The molecule has 2 aliphatic heterocycles. The first-order chi connectivity index (χ1) is 17.3. The number of benzene rings is 1. The van der Waals surface area contributed by atoms with Crippen molar-refractivity contribution in [3.63, 3.8) is 0 Å². The number of aryl methyl sites for hydroxylation is 1. The quantitative estimate of drug-likeness (QED) is 0.501. The van der Waals surface area contributed by atoms with Gasteiger partial charge in [-0.3, -0.25) is 0 Å². The Morgan fingerprint density at radius 1 is 1.03 bits per heavy atom. The summed E-state index contributed by atoms with van der Waals surface area (Å²) in [7, 11) is 0. The number of nitrogens with zero attached hydrogens (tertiary/aromatic N) is 6. The van der Waals surface area contributed by atoms with Crippen LogP contribution in [0.5, 0.6) is 0 Å². The van der Waals surface area contributed by atoms with Crippen LogP contribution in [-0.2, 0) is 12.7 Å². The molecule has 36 heavy (non-hydrogen) atoms. The molecule has 2 aromatic heterocycles. The first-order valence-electron chi connectivity index (χ1n) is 12.5. The Kier molecular flexibility index (Phi) is 6.02. The highest BCUT2D eigenvalue weighted by atomic mass is 35.5. The maximum Gasteiger partial charge on any atom is 0.416 e. The number of alkyl halides is 3. The molecule has 3 aromatic rings. The minimum absolute atomic E-state index is 0.208. The number of aromatic nitrogens is 5. The number of halogens is 4. The lowest BCUT2D eigenvalue weighted by atomic mass is 9.92. The maximum absolute atomic E-state index is 13.4. The highest BCUT2D eigenvalue weighted by molar-refractivity contribution is 6.29. The van der Waals surface area contributed by atoms with Crippen LogP contribution >= 0.6 is 11.6 Å². The highest BCUT2D eigenvalue weighted by Gasteiger charge is 2.43. The van der Waals surface area contributed by atoms with E-state index in [1.54, 1.807) is 12.3 Å². The minimum Gasteiger partial charge on any atom is -0.369 e. The van der Waals surface area contributed by atoms with Crippen LogP contribution in [0.25, 0.3) is 0 Å². The maximum atomic E-state index is 13.4. The van der Waals surface area contributed by atoms with Gasteiger partial charge in [0.1, 0.15) is 5.82 Å². The number of hydrogen-bond acceptors (Lipinski definition) is 6. The van der Waals surface area contributed by atoms with E-state index in [1.165, 1.54) is 12.1 Å². The summed E-state index contributed by atoms with van der Waals surface area (Å²) in [6.07, 6.45) is 2.22. The molecule has 2 bridgehead atoms. The summed E-state index contributed by atoms with van der Waals surface area (Å²) in [6, 6.07) is 7.75. The summed E-state index contributed by atoms with van der Waals surface area (Å²) < 4.78 is 41.9. The standard InChI is InChI=1S/C25H27ClF3N7/c26-21-11-19(12-30-33-21)35-13-16-7-8-17(14-35)22(16)31-24-32-23-20(6-1-2-9-36(23)34-24)15-4-3-5-18(10-15)25(27,28)29/h3-5,10-12,16-17,20,22H,1-2,6-9,13-14H2,(H,31,34)/t16-,17+,20-,22+/m1/s1. The number of nitrogens with one attached hydrogen (secondary N) is 1. The van der Waals surface area contributed by atoms with Gasteiger partial charge in [0, 0.05) is 37.7 Å². The molecule has 7 nitrogen and oxygen atoms in total. The van der Waals surface area contributed by atoms with Crippen molar-refractivity contribution < 1.29 is 13.2 Å². The second kappa shape index (κ2) is 9.21. The van der Waals surface area contributed by atoms with E-state index in [-0.39, 0.29) is 12.0 Å². The lowest BCUT2D eigenvalue weighted by Crippen LogP contribution is -2.48. The van der Waals surface area contributed by atoms with E-state index in [1.807, 2.05) is 10.7 Å². The molecule has 190 valence electrons. The van der Waals surface area contributed by atoms with Crippen LogP contribution in [0.3, 0.4) is 0 Å². The van der Waals surface area contributed by atoms with Crippen molar-refractivity contribution in [1.82, 2.24) is 25.0 Å². The normalized spacial score (nSPS) is 25.9. The highest BCUT2D eigenvalue weighted by Crippen LogP contribution is 2.41. The first kappa shape index (κ1) is 23.5. The van der Waals surface area contributed by atoms with E-state index in [2.05, 4.69) is 20.4 Å². The molecule has 0 spiro atoms. The van der Waals surface area contributed by atoms with Gasteiger partial charge in [0.25, 0.3) is 0 Å². The van der Waals surface area contributed by atoms with Crippen LogP contribution in [0.15, 0.2) is 36.5 Å². The Bertz CT molecular complexity index is 1230. The molecule has 1 saturated carbocycles. The monoisotopic (exact) mass is 517 g/mol. The van der Waals surface area contributed by atoms with Crippen LogP contribution < -0.4 is 10.2 Å². The number of rotatable bonds is 4. The van der Waals surface area contributed by atoms with E-state index in [0.29, 0.717) is 28.5 Å². The second-order valence-corrected chi connectivity index (χ2v) is 10.5. The fraction of sp³-hybridized carbons (Fsp3) is 0.520. The Hall–Kier alpha value is -2.88. The van der Waals surface area contributed by atoms with Crippen LogP contribution in [0.1, 0.15) is 55.0 Å². The molecule has 4 atom stereocenters. The molecule has 0 unspecified atom stereocenters. The first-order valence-corrected chi connectivity index (χ1v) is 12.8. The molecular weight excluding hydrogens is 491 g/mol. The summed E-state index contributed by atoms with van der Waals surface area (Å²) in [5.41, 5.74) is 1.01. The van der Waals surface area contributed by atoms with E-state index in [4.69, 9.17) is 21.7 Å². The number of piperidine rings is 1. The molecule has 6 rings (SSSR count). The molecule has 0 radical (unpaired) electrons. The van der Waals surface area contributed by atoms with E-state index >= 15 is 0 Å². The molecular formula is C25H27ClF3N7. The van der Waals surface area contributed by atoms with Gasteiger partial charge in [-0.05, 0) is 49.1 Å². The zero-order valence-corrected chi connectivity index (χ0v) is 20.4. The van der Waals surface area contributed by atoms with Crippen LogP contribution in [0.2, 0.25) is 5.15 Å². The molecule has 0 amide bonds. The minimum atomic E-state index is -4.37. The van der Waals surface area contributed by atoms with E-state index in [0.717, 1.165) is 69.3 Å². The van der Waals surface area contributed by atoms with Gasteiger partial charge >= 0.3 is 6.18 Å². The molecule has 11 heteroatoms. The summed E-state index contributed by atoms with van der Waals surface area (Å²) in [5, 5.41) is 16.6. The third-order valence-corrected chi connectivity index (χ3v) is 8.03. The van der Waals surface area contributed by atoms with E-state index < -0.39 is 11.7 Å². The van der Waals surface area contributed by atoms with Crippen LogP contribution in [0, 0.1) is 11.8 Å². The Morgan fingerprint density at radius 2 is 1.83 bits per heavy atom. The summed E-state index contributed by atoms with van der Waals surface area (Å²) in [6.45, 7) is 2.49. The topological polar surface area (TPSA) is 71.8 Å². The van der Waals surface area contributed by atoms with Crippen molar-refractivity contribution in [2.75, 3.05) is 23.3 Å². The number of fused-ring (bicyclic) bond motifs is 3. The van der Waals surface area contributed by atoms with Gasteiger partial charge < -0.3 is 10.2 Å². The Morgan fingerprint density at radius 3 is 2.58 bits per heavy atom.